The van der Waals surface area contributed by atoms with Gasteiger partial charge in [0.25, 0.3) is 0 Å². The number of hydrogen-bond acceptors (Lipinski definition) is 3. The van der Waals surface area contributed by atoms with Crippen molar-refractivity contribution >= 4 is 19.7 Å². The molecule has 6 heteroatoms. The van der Waals surface area contributed by atoms with Crippen molar-refractivity contribution in [3.8, 4) is 0 Å². The third kappa shape index (κ3) is 3.97. The van der Waals surface area contributed by atoms with Crippen molar-refractivity contribution in [3.63, 3.8) is 0 Å². The number of hydrogen-bond donors (Lipinski definition) is 2. The number of aliphatic carboxylic acids is 1. The Hall–Kier alpha value is -1.04. The fourth-order valence-electron chi connectivity index (χ4n) is 0.740. The Morgan fingerprint density at radius 3 is 2.42 bits per heavy atom. The first-order chi connectivity index (χ1) is 5.61. The Labute approximate surface area is 71.9 Å². The molecule has 5 nitrogen and oxygen atoms in total. The average Bonchev–Trinajstić information content (AvgIpc) is 2.01. The molecule has 0 saturated heterocycles. The SMILES string of the molecule is [B]CC(=O)N(CCN)CC(=O)O. The smallest absolute Gasteiger partial charge is 0.323 e. The van der Waals surface area contributed by atoms with Crippen LogP contribution in [0, 0.1) is 0 Å². The monoisotopic (exact) mass is 170 g/mol. The Balaban J connectivity index is 4.02. The highest BCUT2D eigenvalue weighted by Gasteiger charge is 2.12. The summed E-state index contributed by atoms with van der Waals surface area (Å²) in [4.78, 5) is 22.3. The Kier molecular flexibility index (Phi) is 5.11. The molecule has 0 rings (SSSR count). The lowest BCUT2D eigenvalue weighted by molar-refractivity contribution is -0.143. The van der Waals surface area contributed by atoms with Crippen LogP contribution in [0.5, 0.6) is 0 Å². The van der Waals surface area contributed by atoms with Gasteiger partial charge < -0.3 is 15.7 Å². The molecule has 0 aromatic rings. The maximum Gasteiger partial charge on any atom is 0.323 e. The molecule has 12 heavy (non-hydrogen) atoms. The predicted molar refractivity (Wildman–Crippen MR) is 43.8 cm³/mol. The number of carboxylic acids is 1. The summed E-state index contributed by atoms with van der Waals surface area (Å²) in [6.07, 6.45) is -0.187. The van der Waals surface area contributed by atoms with Gasteiger partial charge in [-0.1, -0.05) is 0 Å². The Morgan fingerprint density at radius 1 is 1.50 bits per heavy atom. The van der Waals surface area contributed by atoms with Crippen LogP contribution in [0.3, 0.4) is 0 Å². The molecule has 0 spiro atoms. The minimum Gasteiger partial charge on any atom is -0.480 e. The van der Waals surface area contributed by atoms with E-state index in [1.807, 2.05) is 0 Å². The molecular weight excluding hydrogens is 159 g/mol. The van der Waals surface area contributed by atoms with E-state index in [1.54, 1.807) is 0 Å². The molecule has 0 saturated carbocycles. The van der Waals surface area contributed by atoms with Crippen LogP contribution in [-0.4, -0.2) is 49.4 Å². The molecule has 0 aliphatic rings. The molecule has 2 radical (unpaired) electrons. The summed E-state index contributed by atoms with van der Waals surface area (Å²) in [7, 11) is 5.05. The lowest BCUT2D eigenvalue weighted by Crippen LogP contribution is -2.38. The molecule has 66 valence electrons. The molecule has 1 amide bonds. The van der Waals surface area contributed by atoms with Gasteiger partial charge in [0.2, 0.25) is 5.91 Å². The number of nitrogens with zero attached hydrogens (tertiary/aromatic N) is 1. The second-order valence-electron chi connectivity index (χ2n) is 2.20. The molecule has 0 aromatic carbocycles. The van der Waals surface area contributed by atoms with Crippen LogP contribution in [0.4, 0.5) is 0 Å². The van der Waals surface area contributed by atoms with E-state index in [2.05, 4.69) is 0 Å². The van der Waals surface area contributed by atoms with E-state index in [4.69, 9.17) is 18.7 Å². The van der Waals surface area contributed by atoms with Gasteiger partial charge >= 0.3 is 5.97 Å². The van der Waals surface area contributed by atoms with E-state index >= 15 is 0 Å². The van der Waals surface area contributed by atoms with Crippen LogP contribution in [0.25, 0.3) is 0 Å². The first-order valence-corrected chi connectivity index (χ1v) is 3.51. The van der Waals surface area contributed by atoms with E-state index in [9.17, 15) is 9.59 Å². The molecule has 0 heterocycles. The number of carboxylic acid groups (broad SMARTS) is 1. The van der Waals surface area contributed by atoms with Crippen LogP contribution in [-0.2, 0) is 9.59 Å². The third-order valence-electron chi connectivity index (χ3n) is 1.25. The van der Waals surface area contributed by atoms with Gasteiger partial charge in [0.1, 0.15) is 6.54 Å². The Morgan fingerprint density at radius 2 is 2.08 bits per heavy atom. The van der Waals surface area contributed by atoms with Crippen LogP contribution in [0.15, 0.2) is 0 Å². The summed E-state index contributed by atoms with van der Waals surface area (Å²) >= 11 is 0. The topological polar surface area (TPSA) is 83.6 Å². The number of rotatable bonds is 5. The van der Waals surface area contributed by atoms with Crippen molar-refractivity contribution in [1.29, 1.82) is 0 Å². The van der Waals surface area contributed by atoms with Crippen LogP contribution < -0.4 is 5.73 Å². The van der Waals surface area contributed by atoms with Crippen molar-refractivity contribution in [2.45, 2.75) is 6.32 Å². The zero-order valence-electron chi connectivity index (χ0n) is 6.69. The van der Waals surface area contributed by atoms with E-state index in [1.165, 1.54) is 0 Å². The summed E-state index contributed by atoms with van der Waals surface area (Å²) < 4.78 is 0. The molecule has 0 unspecified atom stereocenters. The van der Waals surface area contributed by atoms with Gasteiger partial charge in [0, 0.05) is 13.1 Å². The van der Waals surface area contributed by atoms with E-state index in [0.29, 0.717) is 0 Å². The van der Waals surface area contributed by atoms with Crippen LogP contribution in [0.1, 0.15) is 0 Å². The van der Waals surface area contributed by atoms with Crippen molar-refractivity contribution in [3.05, 3.63) is 0 Å². The van der Waals surface area contributed by atoms with Crippen molar-refractivity contribution in [1.82, 2.24) is 4.90 Å². The third-order valence-corrected chi connectivity index (χ3v) is 1.25. The second kappa shape index (κ2) is 5.59. The van der Waals surface area contributed by atoms with E-state index in [0.717, 1.165) is 4.90 Å². The van der Waals surface area contributed by atoms with Crippen molar-refractivity contribution in [2.24, 2.45) is 5.73 Å². The molecule has 0 aromatic heterocycles. The molecule has 0 fully saturated rings. The number of carbonyl (C=O) groups excluding carboxylic acids is 1. The van der Waals surface area contributed by atoms with Gasteiger partial charge in [-0.2, -0.15) is 0 Å². The van der Waals surface area contributed by atoms with Gasteiger partial charge in [0.05, 0.1) is 7.85 Å². The molecule has 0 aliphatic carbocycles. The number of amides is 1. The van der Waals surface area contributed by atoms with Gasteiger partial charge in [-0.05, 0) is 6.32 Å². The van der Waals surface area contributed by atoms with Crippen molar-refractivity contribution < 1.29 is 14.7 Å². The van der Waals surface area contributed by atoms with Gasteiger partial charge in [-0.25, -0.2) is 0 Å². The minimum absolute atomic E-state index is 0.187. The van der Waals surface area contributed by atoms with E-state index in [-0.39, 0.29) is 26.0 Å². The van der Waals surface area contributed by atoms with Crippen LogP contribution in [0.2, 0.25) is 6.32 Å². The van der Waals surface area contributed by atoms with Gasteiger partial charge in [0.15, 0.2) is 0 Å². The molecule has 0 bridgehead atoms. The molecule has 3 N–H and O–H groups in total. The summed E-state index contributed by atoms with van der Waals surface area (Å²) in [5.74, 6) is -1.46. The fraction of sp³-hybridized carbons (Fsp3) is 0.667. The highest BCUT2D eigenvalue weighted by molar-refractivity contribution is 6.19. The number of nitrogens with two attached hydrogens (primary N) is 1. The van der Waals surface area contributed by atoms with Crippen LogP contribution >= 0.6 is 0 Å². The van der Waals surface area contributed by atoms with E-state index < -0.39 is 11.9 Å². The molecule has 0 atom stereocenters. The normalized spacial score (nSPS) is 9.42. The average molecular weight is 170 g/mol. The highest BCUT2D eigenvalue weighted by atomic mass is 16.4. The minimum atomic E-state index is -1.06. The fourth-order valence-corrected chi connectivity index (χ4v) is 0.740. The molecule has 0 aliphatic heterocycles. The van der Waals surface area contributed by atoms with Gasteiger partial charge in [-0.15, -0.1) is 0 Å². The quantitative estimate of drug-likeness (QED) is 0.489. The lowest BCUT2D eigenvalue weighted by atomic mass is 10.0. The zero-order chi connectivity index (χ0) is 9.56. The lowest BCUT2D eigenvalue weighted by Gasteiger charge is -2.18. The zero-order valence-corrected chi connectivity index (χ0v) is 6.69. The summed E-state index contributed by atoms with van der Waals surface area (Å²) in [5.41, 5.74) is 5.17. The predicted octanol–water partition coefficient (Wildman–Crippen LogP) is -1.55. The van der Waals surface area contributed by atoms with Gasteiger partial charge in [-0.3, -0.25) is 9.59 Å². The Bertz CT molecular complexity index is 174. The number of carbonyl (C=O) groups is 2. The molecular formula is C6H11BN2O3. The maximum absolute atomic E-state index is 10.9. The highest BCUT2D eigenvalue weighted by Crippen LogP contribution is 1.91. The summed E-state index contributed by atoms with van der Waals surface area (Å²) in [5, 5.41) is 8.38. The summed E-state index contributed by atoms with van der Waals surface area (Å²) in [6, 6.07) is 0. The first-order valence-electron chi connectivity index (χ1n) is 3.51. The first kappa shape index (κ1) is 11.0. The standard InChI is InChI=1S/C6H11BN2O3/c7-3-5(10)9(2-1-8)4-6(11)12/h1-4,8H2,(H,11,12). The second-order valence-corrected chi connectivity index (χ2v) is 2.20. The maximum atomic E-state index is 10.9. The summed E-state index contributed by atoms with van der Waals surface area (Å²) in [6.45, 7) is 0.120. The largest absolute Gasteiger partial charge is 0.480 e. The van der Waals surface area contributed by atoms with Crippen molar-refractivity contribution in [2.75, 3.05) is 19.6 Å².